The summed E-state index contributed by atoms with van der Waals surface area (Å²) in [6, 6.07) is 0. The van der Waals surface area contributed by atoms with E-state index in [9.17, 15) is 27.4 Å². The first kappa shape index (κ1) is 38.7. The van der Waals surface area contributed by atoms with Gasteiger partial charge in [-0.15, -0.1) is 0 Å². The number of hydrogen-bond donors (Lipinski definition) is 12. The van der Waals surface area contributed by atoms with Gasteiger partial charge in [0.2, 0.25) is 0 Å². The molecule has 218 valence electrons. The van der Waals surface area contributed by atoms with Crippen LogP contribution in [-0.4, -0.2) is 125 Å². The molecule has 0 spiro atoms. The zero-order valence-electron chi connectivity index (χ0n) is 16.4. The molecule has 12 N–H and O–H groups in total. The number of phosphoric ester groups is 6. The molecule has 31 heteroatoms. The predicted molar refractivity (Wildman–Crippen MR) is 109 cm³/mol. The van der Waals surface area contributed by atoms with Gasteiger partial charge in [-0.05, 0) is 0 Å². The molecular weight excluding hydrogens is 665 g/mol. The Morgan fingerprint density at radius 3 is 0.432 bits per heavy atom. The van der Waals surface area contributed by atoms with Gasteiger partial charge in [0.1, 0.15) is 36.6 Å². The normalized spacial score (nSPS) is 28.5. The summed E-state index contributed by atoms with van der Waals surface area (Å²) in [6.07, 6.45) is -18.9. The third-order valence-corrected chi connectivity index (χ3v) is 6.61. The molecule has 0 aromatic rings. The van der Waals surface area contributed by atoms with Crippen LogP contribution in [0.2, 0.25) is 0 Å². The zero-order chi connectivity index (χ0) is 28.7. The fourth-order valence-electron chi connectivity index (χ4n) is 2.79. The van der Waals surface area contributed by atoms with Crippen LogP contribution >= 0.6 is 46.9 Å². The summed E-state index contributed by atoms with van der Waals surface area (Å²) in [5.74, 6) is 0. The maximum atomic E-state index is 11.4. The first-order valence-corrected chi connectivity index (χ1v) is 17.2. The molecule has 1 saturated carbocycles. The molecule has 37 heavy (non-hydrogen) atoms. The van der Waals surface area contributed by atoms with Crippen LogP contribution in [0.15, 0.2) is 0 Å². The molecule has 1 rings (SSSR count). The van der Waals surface area contributed by atoms with Crippen molar-refractivity contribution in [3.8, 4) is 0 Å². The van der Waals surface area contributed by atoms with Crippen LogP contribution in [0.25, 0.3) is 0 Å². The van der Waals surface area contributed by atoms with Gasteiger partial charge in [-0.1, -0.05) is 0 Å². The molecule has 24 nitrogen and oxygen atoms in total. The first-order chi connectivity index (χ1) is 15.6. The minimum absolute atomic E-state index is 0. The molecule has 0 unspecified atom stereocenters. The van der Waals surface area contributed by atoms with E-state index in [4.69, 9.17) is 58.7 Å². The summed E-state index contributed by atoms with van der Waals surface area (Å²) >= 11 is 0. The standard InChI is InChI=1S/C6H18O24P6.Na.H/c7-31(8,9)25-1-2(26-32(10,11)12)4(28-34(16,17)18)6(30-36(22,23)24)5(29-35(19,20)21)3(1)27-33(13,14)15;;/h1-6H,(H2,7,8,9)(H2,10,11,12)(H2,13,14,15)(H2,16,17,18)(H2,19,20,21)(H2,22,23,24);;/t1-,2-,3-,4+,5-,6-;;. The van der Waals surface area contributed by atoms with E-state index < -0.39 is 83.6 Å². The SMILES string of the molecule is O=P(O)(O)O[C@H]1[C@H](OP(=O)(O)O)[C@@H](OP(=O)(O)O)[C@H](OP(=O)(O)O)[C@@H](OP(=O)(O)O)[C@H]1OP(=O)(O)O.[NaH]. The summed E-state index contributed by atoms with van der Waals surface area (Å²) in [4.78, 5) is 110. The quantitative estimate of drug-likeness (QED) is 0.0693. The van der Waals surface area contributed by atoms with Crippen molar-refractivity contribution in [3.63, 3.8) is 0 Å². The van der Waals surface area contributed by atoms with E-state index in [1.165, 1.54) is 0 Å². The van der Waals surface area contributed by atoms with Gasteiger partial charge in [0.25, 0.3) is 0 Å². The molecule has 0 aromatic heterocycles. The average Bonchev–Trinajstić information content (AvgIpc) is 2.51. The van der Waals surface area contributed by atoms with Crippen molar-refractivity contribution in [2.24, 2.45) is 0 Å². The molecule has 0 radical (unpaired) electrons. The van der Waals surface area contributed by atoms with E-state index in [-0.39, 0.29) is 29.6 Å². The molecule has 1 aliphatic rings. The molecule has 0 aromatic carbocycles. The van der Waals surface area contributed by atoms with Gasteiger partial charge in [-0.2, -0.15) is 0 Å². The van der Waals surface area contributed by atoms with Gasteiger partial charge in [0.15, 0.2) is 0 Å². The summed E-state index contributed by atoms with van der Waals surface area (Å²) in [6.45, 7) is 0. The number of rotatable bonds is 12. The van der Waals surface area contributed by atoms with Crippen LogP contribution in [0, 0.1) is 0 Å². The van der Waals surface area contributed by atoms with Gasteiger partial charge < -0.3 is 58.7 Å². The Balaban J connectivity index is 0.0000130. The van der Waals surface area contributed by atoms with Crippen molar-refractivity contribution in [1.82, 2.24) is 0 Å². The van der Waals surface area contributed by atoms with Crippen molar-refractivity contribution < 1.29 is 113 Å². The first-order valence-electron chi connectivity index (χ1n) is 8.01. The van der Waals surface area contributed by atoms with E-state index in [2.05, 4.69) is 27.1 Å². The van der Waals surface area contributed by atoms with Crippen LogP contribution in [0.1, 0.15) is 0 Å². The Hall–Kier alpha value is 1.66. The monoisotopic (exact) mass is 684 g/mol. The molecular formula is C6H19NaO24P6. The van der Waals surface area contributed by atoms with Crippen LogP contribution in [0.3, 0.4) is 0 Å². The second kappa shape index (κ2) is 13.3. The molecule has 0 bridgehead atoms. The number of hydrogen-bond acceptors (Lipinski definition) is 12. The second-order valence-electron chi connectivity index (χ2n) is 6.36. The van der Waals surface area contributed by atoms with E-state index in [0.29, 0.717) is 0 Å². The molecule has 0 atom stereocenters. The molecule has 0 aliphatic heterocycles. The van der Waals surface area contributed by atoms with Crippen LogP contribution in [-0.2, 0) is 54.5 Å². The minimum atomic E-state index is -6.02. The van der Waals surface area contributed by atoms with Crippen LogP contribution in [0.5, 0.6) is 0 Å². The molecule has 1 fully saturated rings. The van der Waals surface area contributed by atoms with E-state index in [0.717, 1.165) is 0 Å². The fraction of sp³-hybridized carbons (Fsp3) is 1.00. The van der Waals surface area contributed by atoms with Gasteiger partial charge in [-0.3, -0.25) is 27.1 Å². The van der Waals surface area contributed by atoms with Crippen molar-refractivity contribution in [1.29, 1.82) is 0 Å². The summed E-state index contributed by atoms with van der Waals surface area (Å²) in [5, 5.41) is 0. The van der Waals surface area contributed by atoms with Crippen molar-refractivity contribution >= 4 is 76.5 Å². The maximum absolute atomic E-state index is 11.4. The van der Waals surface area contributed by atoms with E-state index in [1.54, 1.807) is 0 Å². The van der Waals surface area contributed by atoms with Gasteiger partial charge in [0, 0.05) is 0 Å². The fourth-order valence-corrected chi connectivity index (χ4v) is 6.14. The molecule has 0 heterocycles. The Morgan fingerprint density at radius 2 is 0.378 bits per heavy atom. The molecule has 0 saturated heterocycles. The Kier molecular flexibility index (Phi) is 13.9. The van der Waals surface area contributed by atoms with Gasteiger partial charge in [0.05, 0.1) is 0 Å². The van der Waals surface area contributed by atoms with E-state index >= 15 is 0 Å². The average molecular weight is 684 g/mol. The molecule has 0 amide bonds. The van der Waals surface area contributed by atoms with Gasteiger partial charge in [-0.25, -0.2) is 27.4 Å². The summed E-state index contributed by atoms with van der Waals surface area (Å²) in [5.41, 5.74) is 0. The predicted octanol–water partition coefficient (Wildman–Crippen LogP) is -3.78. The topological polar surface area (TPSA) is 401 Å². The second-order valence-corrected chi connectivity index (χ2v) is 13.5. The molecule has 1 aliphatic carbocycles. The van der Waals surface area contributed by atoms with Gasteiger partial charge >= 0.3 is 76.5 Å². The third-order valence-electron chi connectivity index (χ3n) is 3.50. The Morgan fingerprint density at radius 1 is 0.297 bits per heavy atom. The Bertz CT molecular complexity index is 824. The van der Waals surface area contributed by atoms with Crippen molar-refractivity contribution in [2.45, 2.75) is 36.6 Å². The van der Waals surface area contributed by atoms with Crippen LogP contribution in [0.4, 0.5) is 0 Å². The van der Waals surface area contributed by atoms with Crippen molar-refractivity contribution in [3.05, 3.63) is 0 Å². The number of phosphoric acid groups is 6. The third kappa shape index (κ3) is 15.5. The van der Waals surface area contributed by atoms with Crippen molar-refractivity contribution in [2.75, 3.05) is 0 Å². The summed E-state index contributed by atoms with van der Waals surface area (Å²) < 4.78 is 93.1. The van der Waals surface area contributed by atoms with Crippen LogP contribution < -0.4 is 0 Å². The zero-order valence-corrected chi connectivity index (χ0v) is 21.8. The van der Waals surface area contributed by atoms with E-state index in [1.807, 2.05) is 0 Å². The Labute approximate surface area is 225 Å². The summed E-state index contributed by atoms with van der Waals surface area (Å²) in [7, 11) is -36.1.